The number of benzene rings is 5. The number of rotatable bonds is 12. The number of nitrogens with two attached hydrogens (primary N) is 5. The number of aryl methyl sites for hydroxylation is 7. The quantitative estimate of drug-likeness (QED) is 0.0597. The van der Waals surface area contributed by atoms with Crippen molar-refractivity contribution in [2.45, 2.75) is 87.0 Å². The Labute approximate surface area is 758 Å². The summed E-state index contributed by atoms with van der Waals surface area (Å²) in [5.41, 5.74) is 49.6. The van der Waals surface area contributed by atoms with Gasteiger partial charge in [0.1, 0.15) is 68.9 Å². The van der Waals surface area contributed by atoms with E-state index in [0.29, 0.717) is 130 Å². The number of pyridine rings is 4. The van der Waals surface area contributed by atoms with Gasteiger partial charge in [-0.1, -0.05) is 118 Å². The van der Waals surface area contributed by atoms with E-state index >= 15 is 0 Å². The van der Waals surface area contributed by atoms with Crippen molar-refractivity contribution < 1.29 is 0 Å². The average Bonchev–Trinajstić information content (AvgIpc) is 1.68. The lowest BCUT2D eigenvalue weighted by Crippen LogP contribution is -2.19. The molecule has 0 unspecified atom stereocenters. The molecule has 12 N–H and O–H groups in total. The van der Waals surface area contributed by atoms with Crippen molar-refractivity contribution in [3.8, 4) is 96.5 Å². The van der Waals surface area contributed by atoms with E-state index in [1.807, 2.05) is 196 Å². The van der Waals surface area contributed by atoms with Gasteiger partial charge in [-0.3, -0.25) is 43.9 Å². The van der Waals surface area contributed by atoms with Gasteiger partial charge in [0.15, 0.2) is 17.5 Å². The standard InChI is InChI=1S/C21H22N6.C20H19ClN6.C19H14ClN5O.C17H16ClN7.C16H14ClN7/c1-13-9-11-27(26-13)20-17(24-18(19(22)25-20)21(2,3)4)15-7-8-16-14(12-15)6-5-10-23-16;1-11(2)16-20(22)25-19(15-6-8-27(3)26-15)18(24-16)13-9-12-5-4-7-23-17(12)14(21)10-13;1-11-18(21)24-19(25-8-3-2-6-15(25)26)17(23-11)13-9-12-5-4-7-22-16(12)14(20)10-13;1-3-12-17(19)22-16(13-4-5-25(2)24-13)15(21-12)9-6-10-8-20-23-14(10)11(18)7-9;1-8-3-4-24(23-8)16-14(20-9(2)15(18)21-16)10-5-11-7-19-22-13(11)12(17)6-10/h5-12H,1-4H3,(H2,22,25);4-11H,1-3H3,(H2,22,25);2-10H,1H3,(H2,21,24);4-8H,3H2,1-2H3,(H2,19,22)(H,20,23);3-7H,1-2H3,(H2,18,21)(H,19,22). The highest BCUT2D eigenvalue weighted by Gasteiger charge is 2.27. The highest BCUT2D eigenvalue weighted by atomic mass is 35.5. The fraction of sp³-hybridized carbons (Fsp3) is 0.161. The topological polar surface area (TPSA) is 448 Å². The van der Waals surface area contributed by atoms with Crippen LogP contribution in [0.15, 0.2) is 212 Å². The molecule has 0 bridgehead atoms. The van der Waals surface area contributed by atoms with Crippen LogP contribution in [0.25, 0.3) is 151 Å². The average molecular weight is 1790 g/mol. The van der Waals surface area contributed by atoms with Crippen LogP contribution in [0.1, 0.15) is 87.3 Å². The maximum atomic E-state index is 12.3. The smallest absolute Gasteiger partial charge is 0.256 e. The fourth-order valence-corrected chi connectivity index (χ4v) is 15.4. The molecule has 0 radical (unpaired) electrons. The Morgan fingerprint density at radius 2 is 0.876 bits per heavy atom. The fourth-order valence-electron chi connectivity index (χ4n) is 14.3. The number of nitrogen functional groups attached to an aromatic ring is 5. The van der Waals surface area contributed by atoms with Gasteiger partial charge >= 0.3 is 0 Å². The number of hydrogen-bond donors (Lipinski definition) is 7. The lowest BCUT2D eigenvalue weighted by atomic mass is 9.91. The van der Waals surface area contributed by atoms with Crippen molar-refractivity contribution in [3.05, 3.63) is 278 Å². The maximum Gasteiger partial charge on any atom is 0.256 e. The highest BCUT2D eigenvalue weighted by molar-refractivity contribution is 6.37. The number of H-pyrrole nitrogens is 2. The van der Waals surface area contributed by atoms with E-state index in [4.69, 9.17) is 90.0 Å². The summed E-state index contributed by atoms with van der Waals surface area (Å²) in [7, 11) is 3.72. The molecule has 20 rings (SSSR count). The van der Waals surface area contributed by atoms with Gasteiger partial charge < -0.3 is 28.7 Å². The normalized spacial score (nSPS) is 11.4. The summed E-state index contributed by atoms with van der Waals surface area (Å²) in [6.07, 6.45) is 18.4. The summed E-state index contributed by atoms with van der Waals surface area (Å²) >= 11 is 25.7. The van der Waals surface area contributed by atoms with Gasteiger partial charge in [0, 0.05) is 130 Å². The van der Waals surface area contributed by atoms with Crippen molar-refractivity contribution >= 4 is 130 Å². The molecule has 32 nitrogen and oxygen atoms in total. The maximum absolute atomic E-state index is 12.3. The second-order valence-electron chi connectivity index (χ2n) is 31.6. The number of halogens is 4. The molecule has 36 heteroatoms. The lowest BCUT2D eigenvalue weighted by Gasteiger charge is -2.21. The summed E-state index contributed by atoms with van der Waals surface area (Å²) < 4.78 is 8.26. The highest BCUT2D eigenvalue weighted by Crippen LogP contribution is 2.41. The predicted molar refractivity (Wildman–Crippen MR) is 510 cm³/mol. The molecule has 0 saturated carbocycles. The van der Waals surface area contributed by atoms with Crippen LogP contribution in [-0.4, -0.2) is 129 Å². The molecular formula is C93H85Cl4N31O. The van der Waals surface area contributed by atoms with Crippen molar-refractivity contribution in [3.63, 3.8) is 0 Å². The first-order valence-corrected chi connectivity index (χ1v) is 42.2. The van der Waals surface area contributed by atoms with Gasteiger partial charge in [-0.05, 0) is 149 Å². The number of nitrogens with zero attached hydrogens (tertiary/aromatic N) is 24. The van der Waals surface area contributed by atoms with Crippen molar-refractivity contribution in [1.82, 2.24) is 129 Å². The van der Waals surface area contributed by atoms with E-state index in [0.717, 1.165) is 111 Å². The predicted octanol–water partition coefficient (Wildman–Crippen LogP) is 18.2. The van der Waals surface area contributed by atoms with E-state index in [9.17, 15) is 4.79 Å². The molecule has 0 spiro atoms. The van der Waals surface area contributed by atoms with Crippen LogP contribution in [0.4, 0.5) is 29.1 Å². The third-order valence-corrected chi connectivity index (χ3v) is 21.9. The first-order chi connectivity index (χ1) is 61.9. The summed E-state index contributed by atoms with van der Waals surface area (Å²) in [4.78, 5) is 71.9. The summed E-state index contributed by atoms with van der Waals surface area (Å²) in [6.45, 7) is 19.8. The molecule has 0 aliphatic carbocycles. The molecular weight excluding hydrogens is 1710 g/mol. The molecule has 15 aromatic heterocycles. The van der Waals surface area contributed by atoms with Crippen molar-refractivity contribution in [2.75, 3.05) is 28.7 Å². The Hall–Kier alpha value is -15.4. The van der Waals surface area contributed by atoms with Crippen LogP contribution in [-0.2, 0) is 25.9 Å². The third-order valence-electron chi connectivity index (χ3n) is 20.8. The van der Waals surface area contributed by atoms with Crippen LogP contribution >= 0.6 is 46.4 Å². The second-order valence-corrected chi connectivity index (χ2v) is 33.2. The van der Waals surface area contributed by atoms with Gasteiger partial charge in [-0.15, -0.1) is 0 Å². The van der Waals surface area contributed by atoms with Gasteiger partial charge in [0.2, 0.25) is 0 Å². The molecule has 0 saturated heterocycles. The number of hydrogen-bond acceptors (Lipinski definition) is 25. The summed E-state index contributed by atoms with van der Waals surface area (Å²) in [6, 6.07) is 45.4. The molecule has 20 aromatic rings. The number of aromatic nitrogens is 26. The first-order valence-electron chi connectivity index (χ1n) is 40.6. The van der Waals surface area contributed by atoms with Gasteiger partial charge in [-0.25, -0.2) is 59.2 Å². The minimum absolute atomic E-state index is 0.145. The Morgan fingerprint density at radius 3 is 1.37 bits per heavy atom. The number of nitrogens with one attached hydrogen (secondary N) is 2. The van der Waals surface area contributed by atoms with Gasteiger partial charge in [0.05, 0.1) is 111 Å². The van der Waals surface area contributed by atoms with E-state index in [2.05, 4.69) is 117 Å². The van der Waals surface area contributed by atoms with Crippen LogP contribution in [0.3, 0.4) is 0 Å². The molecule has 646 valence electrons. The number of aromatic amines is 2. The zero-order valence-electron chi connectivity index (χ0n) is 72.0. The molecule has 0 aliphatic rings. The minimum Gasteiger partial charge on any atom is -0.382 e. The largest absolute Gasteiger partial charge is 0.382 e. The molecule has 15 heterocycles. The summed E-state index contributed by atoms with van der Waals surface area (Å²) in [5.74, 6) is 3.60. The van der Waals surface area contributed by atoms with Crippen LogP contribution in [0.5, 0.6) is 0 Å². The minimum atomic E-state index is -0.222. The van der Waals surface area contributed by atoms with Gasteiger partial charge in [-0.2, -0.15) is 30.6 Å². The molecule has 0 amide bonds. The van der Waals surface area contributed by atoms with E-state index in [1.54, 1.807) is 81.0 Å². The molecule has 0 aliphatic heterocycles. The Balaban J connectivity index is 0.000000118. The molecule has 0 fully saturated rings. The van der Waals surface area contributed by atoms with Crippen LogP contribution in [0.2, 0.25) is 20.1 Å². The Kier molecular flexibility index (Phi) is 24.5. The SMILES string of the molecule is CC(C)c1nc(-c2cc(Cl)c3ncccc3c2)c(-c2ccn(C)n2)nc1N.CCc1nc(-c2cc(Cl)c3[nH]ncc3c2)c(-c2ccn(C)n2)nc1N.Cc1ccn(-c2nc(N)c(C(C)(C)C)nc2-c2ccc3ncccc3c2)n1.Cc1ccn(-c2nc(N)c(C)nc2-c2cc(Cl)c3[nH]ncc3c2)n1.Cc1nc(-c2cc(Cl)c3ncccc3c2)c(-n2ccccc2=O)nc1N. The van der Waals surface area contributed by atoms with Crippen LogP contribution in [0, 0.1) is 27.7 Å². The number of anilines is 5. The number of fused-ring (bicyclic) bond motifs is 5. The molecule has 0 atom stereocenters. The third kappa shape index (κ3) is 18.4. The monoisotopic (exact) mass is 1790 g/mol. The van der Waals surface area contributed by atoms with Crippen molar-refractivity contribution in [2.24, 2.45) is 14.1 Å². The van der Waals surface area contributed by atoms with Crippen molar-refractivity contribution in [1.29, 1.82) is 0 Å². The van der Waals surface area contributed by atoms with Gasteiger partial charge in [0.25, 0.3) is 5.56 Å². The Bertz CT molecular complexity index is 7690. The van der Waals surface area contributed by atoms with Crippen LogP contribution < -0.4 is 34.2 Å². The second kappa shape index (κ2) is 36.3. The molecule has 129 heavy (non-hydrogen) atoms. The lowest BCUT2D eigenvalue weighted by molar-refractivity contribution is 0.568. The zero-order valence-corrected chi connectivity index (χ0v) is 75.0. The first kappa shape index (κ1) is 87.1. The molecule has 5 aromatic carbocycles. The Morgan fingerprint density at radius 1 is 0.411 bits per heavy atom. The summed E-state index contributed by atoms with van der Waals surface area (Å²) in [5, 5.41) is 38.6. The zero-order chi connectivity index (χ0) is 91.0. The van der Waals surface area contributed by atoms with E-state index in [-0.39, 0.29) is 22.7 Å². The van der Waals surface area contributed by atoms with E-state index < -0.39 is 0 Å². The van der Waals surface area contributed by atoms with E-state index in [1.165, 1.54) is 10.6 Å².